The molecule has 110 valence electrons. The second kappa shape index (κ2) is 7.40. The maximum atomic E-state index is 12.2. The van der Waals surface area contributed by atoms with Crippen molar-refractivity contribution in [2.24, 2.45) is 5.73 Å². The minimum atomic E-state index is -0.102. The van der Waals surface area contributed by atoms with Gasteiger partial charge < -0.3 is 15.8 Å². The van der Waals surface area contributed by atoms with Gasteiger partial charge in [0.15, 0.2) is 0 Å². The number of nitrogens with zero attached hydrogens (tertiary/aromatic N) is 1. The molecule has 0 saturated carbocycles. The van der Waals surface area contributed by atoms with Crippen molar-refractivity contribution in [1.82, 2.24) is 10.3 Å². The Morgan fingerprint density at radius 2 is 2.10 bits per heavy atom. The van der Waals surface area contributed by atoms with Crippen molar-refractivity contribution in [3.8, 4) is 5.88 Å². The summed E-state index contributed by atoms with van der Waals surface area (Å²) < 4.78 is 5.00. The van der Waals surface area contributed by atoms with Crippen molar-refractivity contribution >= 4 is 5.91 Å². The average Bonchev–Trinajstić information content (AvgIpc) is 2.54. The van der Waals surface area contributed by atoms with Crippen LogP contribution in [0.5, 0.6) is 5.88 Å². The smallest absolute Gasteiger partial charge is 0.251 e. The normalized spacial score (nSPS) is 10.2. The van der Waals surface area contributed by atoms with E-state index in [4.69, 9.17) is 10.5 Å². The van der Waals surface area contributed by atoms with Crippen LogP contribution in [0.3, 0.4) is 0 Å². The van der Waals surface area contributed by atoms with Gasteiger partial charge in [-0.25, -0.2) is 4.98 Å². The number of nitrogens with one attached hydrogen (secondary N) is 1. The van der Waals surface area contributed by atoms with Crippen LogP contribution < -0.4 is 15.8 Å². The number of hydrogen-bond donors (Lipinski definition) is 2. The van der Waals surface area contributed by atoms with E-state index < -0.39 is 0 Å². The molecule has 0 spiro atoms. The molecule has 21 heavy (non-hydrogen) atoms. The molecule has 2 rings (SSSR count). The Balaban J connectivity index is 2.01. The highest BCUT2D eigenvalue weighted by Gasteiger charge is 2.10. The lowest BCUT2D eigenvalue weighted by molar-refractivity contribution is 0.0950. The Morgan fingerprint density at radius 3 is 2.76 bits per heavy atom. The highest BCUT2D eigenvalue weighted by Crippen LogP contribution is 2.10. The van der Waals surface area contributed by atoms with Gasteiger partial charge in [0, 0.05) is 24.4 Å². The zero-order valence-electron chi connectivity index (χ0n) is 12.0. The van der Waals surface area contributed by atoms with Gasteiger partial charge in [0.05, 0.1) is 7.11 Å². The third-order valence-corrected chi connectivity index (χ3v) is 3.14. The Morgan fingerprint density at radius 1 is 1.29 bits per heavy atom. The molecule has 0 aliphatic carbocycles. The highest BCUT2D eigenvalue weighted by molar-refractivity contribution is 5.95. The van der Waals surface area contributed by atoms with E-state index in [1.807, 2.05) is 30.3 Å². The van der Waals surface area contributed by atoms with Gasteiger partial charge in [0.25, 0.3) is 5.91 Å². The van der Waals surface area contributed by atoms with Crippen molar-refractivity contribution in [1.29, 1.82) is 0 Å². The molecule has 2 aromatic rings. The average molecular weight is 285 g/mol. The number of aromatic nitrogens is 1. The summed E-state index contributed by atoms with van der Waals surface area (Å²) in [7, 11) is 1.57. The maximum absolute atomic E-state index is 12.2. The van der Waals surface area contributed by atoms with E-state index in [1.54, 1.807) is 19.4 Å². The molecule has 0 atom stereocenters. The molecule has 0 aliphatic rings. The van der Waals surface area contributed by atoms with Gasteiger partial charge in [0.1, 0.15) is 0 Å². The molecule has 5 heteroatoms. The minimum Gasteiger partial charge on any atom is -0.481 e. The van der Waals surface area contributed by atoms with Crippen molar-refractivity contribution < 1.29 is 9.53 Å². The molecule has 0 radical (unpaired) electrons. The lowest BCUT2D eigenvalue weighted by Crippen LogP contribution is -2.24. The number of rotatable bonds is 6. The fraction of sp³-hybridized carbons (Fsp3) is 0.250. The molecular weight excluding hydrogens is 266 g/mol. The molecule has 1 amide bonds. The molecule has 0 fully saturated rings. The number of benzene rings is 1. The monoisotopic (exact) mass is 285 g/mol. The van der Waals surface area contributed by atoms with E-state index in [2.05, 4.69) is 10.3 Å². The zero-order chi connectivity index (χ0) is 15.1. The summed E-state index contributed by atoms with van der Waals surface area (Å²) in [5.41, 5.74) is 8.12. The van der Waals surface area contributed by atoms with E-state index >= 15 is 0 Å². The van der Waals surface area contributed by atoms with Gasteiger partial charge in [0.2, 0.25) is 5.88 Å². The molecule has 1 heterocycles. The number of amides is 1. The fourth-order valence-corrected chi connectivity index (χ4v) is 2.03. The summed E-state index contributed by atoms with van der Waals surface area (Å²) in [6.45, 7) is 0.944. The van der Waals surface area contributed by atoms with Crippen molar-refractivity contribution in [3.05, 3.63) is 59.3 Å². The quantitative estimate of drug-likeness (QED) is 0.843. The van der Waals surface area contributed by atoms with Crippen molar-refractivity contribution in [3.63, 3.8) is 0 Å². The summed E-state index contributed by atoms with van der Waals surface area (Å²) in [6.07, 6.45) is 2.37. The number of methoxy groups -OCH3 is 1. The predicted molar refractivity (Wildman–Crippen MR) is 81.2 cm³/mol. The summed E-state index contributed by atoms with van der Waals surface area (Å²) in [6, 6.07) is 11.1. The number of pyridine rings is 1. The van der Waals surface area contributed by atoms with E-state index in [-0.39, 0.29) is 5.91 Å². The van der Waals surface area contributed by atoms with Crippen LogP contribution in [0.4, 0.5) is 0 Å². The van der Waals surface area contributed by atoms with E-state index in [1.165, 1.54) is 0 Å². The maximum Gasteiger partial charge on any atom is 0.251 e. The van der Waals surface area contributed by atoms with Gasteiger partial charge in [-0.1, -0.05) is 24.3 Å². The van der Waals surface area contributed by atoms with Gasteiger partial charge in [-0.15, -0.1) is 0 Å². The first kappa shape index (κ1) is 15.0. The summed E-state index contributed by atoms with van der Waals surface area (Å²) in [4.78, 5) is 16.3. The summed E-state index contributed by atoms with van der Waals surface area (Å²) in [5.74, 6) is 0.452. The Kier molecular flexibility index (Phi) is 5.29. The lowest BCUT2D eigenvalue weighted by atomic mass is 10.0. The van der Waals surface area contributed by atoms with Crippen LogP contribution in [0.15, 0.2) is 42.6 Å². The molecular formula is C16H19N3O2. The standard InChI is InChI=1S/C16H19N3O2/c1-21-15-7-6-12(10-18-15)11-19-16(20)14-5-3-2-4-13(14)8-9-17/h2-7,10H,8-9,11,17H2,1H3,(H,19,20). The second-order valence-corrected chi connectivity index (χ2v) is 4.59. The first-order valence-corrected chi connectivity index (χ1v) is 6.79. The van der Waals surface area contributed by atoms with Crippen LogP contribution in [0, 0.1) is 0 Å². The molecule has 0 unspecified atom stereocenters. The van der Waals surface area contributed by atoms with Gasteiger partial charge in [-0.3, -0.25) is 4.79 Å². The molecule has 0 bridgehead atoms. The van der Waals surface area contributed by atoms with E-state index in [0.717, 1.165) is 11.1 Å². The molecule has 1 aromatic heterocycles. The van der Waals surface area contributed by atoms with Crippen molar-refractivity contribution in [2.45, 2.75) is 13.0 Å². The molecule has 0 aliphatic heterocycles. The second-order valence-electron chi connectivity index (χ2n) is 4.59. The highest BCUT2D eigenvalue weighted by atomic mass is 16.5. The fourth-order valence-electron chi connectivity index (χ4n) is 2.03. The minimum absolute atomic E-state index is 0.102. The molecule has 5 nitrogen and oxygen atoms in total. The predicted octanol–water partition coefficient (Wildman–Crippen LogP) is 1.52. The van der Waals surface area contributed by atoms with Crippen LogP contribution in [0.25, 0.3) is 0 Å². The topological polar surface area (TPSA) is 77.2 Å². The van der Waals surface area contributed by atoms with E-state index in [9.17, 15) is 4.79 Å². The first-order chi connectivity index (χ1) is 10.2. The van der Waals surface area contributed by atoms with Crippen LogP contribution in [0.2, 0.25) is 0 Å². The Labute approximate surface area is 124 Å². The van der Waals surface area contributed by atoms with Gasteiger partial charge in [-0.2, -0.15) is 0 Å². The Bertz CT molecular complexity index is 597. The largest absolute Gasteiger partial charge is 0.481 e. The van der Waals surface area contributed by atoms with E-state index in [0.29, 0.717) is 31.0 Å². The van der Waals surface area contributed by atoms with Crippen LogP contribution in [-0.2, 0) is 13.0 Å². The number of nitrogens with two attached hydrogens (primary N) is 1. The molecule has 0 saturated heterocycles. The third-order valence-electron chi connectivity index (χ3n) is 3.14. The SMILES string of the molecule is COc1ccc(CNC(=O)c2ccccc2CCN)cn1. The number of carbonyl (C=O) groups excluding carboxylic acids is 1. The number of ether oxygens (including phenoxy) is 1. The Hall–Kier alpha value is -2.40. The lowest BCUT2D eigenvalue weighted by Gasteiger charge is -2.09. The first-order valence-electron chi connectivity index (χ1n) is 6.79. The third kappa shape index (κ3) is 4.03. The summed E-state index contributed by atoms with van der Waals surface area (Å²) in [5, 5.41) is 2.89. The number of carbonyl (C=O) groups is 1. The number of hydrogen-bond acceptors (Lipinski definition) is 4. The zero-order valence-corrected chi connectivity index (χ0v) is 12.0. The molecule has 3 N–H and O–H groups in total. The van der Waals surface area contributed by atoms with Crippen molar-refractivity contribution in [2.75, 3.05) is 13.7 Å². The van der Waals surface area contributed by atoms with Crippen LogP contribution in [0.1, 0.15) is 21.5 Å². The van der Waals surface area contributed by atoms with Gasteiger partial charge in [-0.05, 0) is 30.2 Å². The van der Waals surface area contributed by atoms with Crippen LogP contribution in [-0.4, -0.2) is 24.5 Å². The molecule has 1 aromatic carbocycles. The van der Waals surface area contributed by atoms with Gasteiger partial charge >= 0.3 is 0 Å². The summed E-state index contributed by atoms with van der Waals surface area (Å²) >= 11 is 0. The van der Waals surface area contributed by atoms with Crippen LogP contribution >= 0.6 is 0 Å².